The highest BCUT2D eigenvalue weighted by Crippen LogP contribution is 2.37. The molecular weight excluding hydrogens is 220 g/mol. The molecule has 0 aliphatic carbocycles. The number of nitrogens with one attached hydrogen (secondary N) is 1. The fourth-order valence-electron chi connectivity index (χ4n) is 3.50. The maximum Gasteiger partial charge on any atom is 0.0515 e. The van der Waals surface area contributed by atoms with E-state index in [1.807, 2.05) is 0 Å². The second-order valence-electron chi connectivity index (χ2n) is 5.67. The van der Waals surface area contributed by atoms with Gasteiger partial charge >= 0.3 is 0 Å². The lowest BCUT2D eigenvalue weighted by Crippen LogP contribution is -2.08. The molecule has 18 heavy (non-hydrogen) atoms. The monoisotopic (exact) mass is 242 g/mol. The molecule has 0 saturated carbocycles. The summed E-state index contributed by atoms with van der Waals surface area (Å²) >= 11 is 0. The van der Waals surface area contributed by atoms with Gasteiger partial charge < -0.3 is 9.88 Å². The van der Waals surface area contributed by atoms with Crippen molar-refractivity contribution in [1.82, 2.24) is 9.88 Å². The molecule has 0 radical (unpaired) electrons. The molecule has 96 valence electrons. The van der Waals surface area contributed by atoms with E-state index in [2.05, 4.69) is 49.8 Å². The Morgan fingerprint density at radius 1 is 1.17 bits per heavy atom. The van der Waals surface area contributed by atoms with Crippen molar-refractivity contribution in [2.24, 2.45) is 7.05 Å². The molecular formula is C16H22N2. The Morgan fingerprint density at radius 2 is 1.89 bits per heavy atom. The van der Waals surface area contributed by atoms with Crippen molar-refractivity contribution in [2.45, 2.75) is 33.1 Å². The SMILES string of the molecule is Cc1ccc(C)c2c1c(C1CCNC1)c(C)n2C. The van der Waals surface area contributed by atoms with E-state index in [1.54, 1.807) is 5.56 Å². The van der Waals surface area contributed by atoms with Crippen LogP contribution in [0, 0.1) is 20.8 Å². The average Bonchev–Trinajstić information content (AvgIpc) is 2.93. The minimum atomic E-state index is 0.689. The van der Waals surface area contributed by atoms with Crippen LogP contribution < -0.4 is 5.32 Å². The van der Waals surface area contributed by atoms with Crippen LogP contribution in [0.2, 0.25) is 0 Å². The number of hydrogen-bond donors (Lipinski definition) is 1. The van der Waals surface area contributed by atoms with E-state index in [9.17, 15) is 0 Å². The summed E-state index contributed by atoms with van der Waals surface area (Å²) in [6.07, 6.45) is 1.27. The Kier molecular flexibility index (Phi) is 2.70. The van der Waals surface area contributed by atoms with Gasteiger partial charge in [0.1, 0.15) is 0 Å². The predicted octanol–water partition coefficient (Wildman–Crippen LogP) is 3.18. The number of benzene rings is 1. The predicted molar refractivity (Wildman–Crippen MR) is 77.4 cm³/mol. The molecule has 2 heteroatoms. The van der Waals surface area contributed by atoms with Crippen LogP contribution in [0.15, 0.2) is 12.1 Å². The van der Waals surface area contributed by atoms with Crippen LogP contribution in [0.1, 0.15) is 34.7 Å². The molecule has 0 amide bonds. The van der Waals surface area contributed by atoms with Crippen LogP contribution in [-0.2, 0) is 7.05 Å². The Hall–Kier alpha value is -1.28. The number of rotatable bonds is 1. The minimum absolute atomic E-state index is 0.689. The quantitative estimate of drug-likeness (QED) is 0.812. The van der Waals surface area contributed by atoms with Crippen molar-refractivity contribution in [3.63, 3.8) is 0 Å². The molecule has 0 spiro atoms. The maximum atomic E-state index is 3.50. The molecule has 1 aliphatic heterocycles. The molecule has 2 heterocycles. The van der Waals surface area contributed by atoms with Gasteiger partial charge in [0.25, 0.3) is 0 Å². The second kappa shape index (κ2) is 4.13. The average molecular weight is 242 g/mol. The van der Waals surface area contributed by atoms with Gasteiger partial charge in [-0.15, -0.1) is 0 Å². The lowest BCUT2D eigenvalue weighted by molar-refractivity contribution is 0.751. The van der Waals surface area contributed by atoms with Gasteiger partial charge in [-0.25, -0.2) is 0 Å². The van der Waals surface area contributed by atoms with Gasteiger partial charge in [0, 0.05) is 24.7 Å². The van der Waals surface area contributed by atoms with E-state index < -0.39 is 0 Å². The first-order valence-corrected chi connectivity index (χ1v) is 6.87. The third kappa shape index (κ3) is 1.52. The smallest absolute Gasteiger partial charge is 0.0515 e. The summed E-state index contributed by atoms with van der Waals surface area (Å²) in [5.41, 5.74) is 7.25. The van der Waals surface area contributed by atoms with Crippen LogP contribution in [0.3, 0.4) is 0 Å². The van der Waals surface area contributed by atoms with Crippen LogP contribution in [0.4, 0.5) is 0 Å². The molecule has 1 aromatic heterocycles. The summed E-state index contributed by atoms with van der Waals surface area (Å²) in [5.74, 6) is 0.689. The summed E-state index contributed by atoms with van der Waals surface area (Å²) in [6.45, 7) is 9.02. The van der Waals surface area contributed by atoms with Gasteiger partial charge in [0.05, 0.1) is 5.52 Å². The molecule has 0 bridgehead atoms. The zero-order chi connectivity index (χ0) is 12.9. The number of aryl methyl sites for hydroxylation is 3. The highest BCUT2D eigenvalue weighted by Gasteiger charge is 2.25. The summed E-state index contributed by atoms with van der Waals surface area (Å²) in [6, 6.07) is 4.51. The largest absolute Gasteiger partial charge is 0.347 e. The van der Waals surface area contributed by atoms with Gasteiger partial charge in [-0.1, -0.05) is 12.1 Å². The zero-order valence-corrected chi connectivity index (χ0v) is 11.8. The molecule has 1 unspecified atom stereocenters. The molecule has 1 saturated heterocycles. The molecule has 1 aliphatic rings. The van der Waals surface area contributed by atoms with Crippen LogP contribution >= 0.6 is 0 Å². The van der Waals surface area contributed by atoms with Gasteiger partial charge in [-0.2, -0.15) is 0 Å². The van der Waals surface area contributed by atoms with Gasteiger partial charge in [-0.05, 0) is 56.3 Å². The number of aromatic nitrogens is 1. The normalized spacial score (nSPS) is 19.9. The molecule has 3 rings (SSSR count). The van der Waals surface area contributed by atoms with Gasteiger partial charge in [0.2, 0.25) is 0 Å². The second-order valence-corrected chi connectivity index (χ2v) is 5.67. The van der Waals surface area contributed by atoms with Crippen molar-refractivity contribution in [3.8, 4) is 0 Å². The molecule has 1 fully saturated rings. The van der Waals surface area contributed by atoms with E-state index >= 15 is 0 Å². The number of hydrogen-bond acceptors (Lipinski definition) is 1. The van der Waals surface area contributed by atoms with Crippen molar-refractivity contribution >= 4 is 10.9 Å². The molecule has 2 aromatic rings. The Bertz CT molecular complexity index is 601. The Morgan fingerprint density at radius 3 is 2.56 bits per heavy atom. The summed E-state index contributed by atoms with van der Waals surface area (Å²) < 4.78 is 2.38. The highest BCUT2D eigenvalue weighted by molar-refractivity contribution is 5.91. The fourth-order valence-corrected chi connectivity index (χ4v) is 3.50. The van der Waals surface area contributed by atoms with E-state index in [1.165, 1.54) is 34.1 Å². The topological polar surface area (TPSA) is 17.0 Å². The Balaban J connectivity index is 2.36. The summed E-state index contributed by atoms with van der Waals surface area (Å²) in [4.78, 5) is 0. The molecule has 1 N–H and O–H groups in total. The van der Waals surface area contributed by atoms with Crippen molar-refractivity contribution in [1.29, 1.82) is 0 Å². The molecule has 1 atom stereocenters. The first-order valence-electron chi connectivity index (χ1n) is 6.87. The fraction of sp³-hybridized carbons (Fsp3) is 0.500. The van der Waals surface area contributed by atoms with Crippen LogP contribution in [0.5, 0.6) is 0 Å². The molecule has 1 aromatic carbocycles. The summed E-state index contributed by atoms with van der Waals surface area (Å²) in [5, 5.41) is 5.00. The van der Waals surface area contributed by atoms with Crippen LogP contribution in [0.25, 0.3) is 10.9 Å². The lowest BCUT2D eigenvalue weighted by Gasteiger charge is -2.10. The number of fused-ring (bicyclic) bond motifs is 1. The van der Waals surface area contributed by atoms with E-state index in [0.29, 0.717) is 5.92 Å². The first kappa shape index (κ1) is 11.8. The minimum Gasteiger partial charge on any atom is -0.347 e. The first-order chi connectivity index (χ1) is 8.61. The maximum absolute atomic E-state index is 3.50. The van der Waals surface area contributed by atoms with E-state index in [-0.39, 0.29) is 0 Å². The molecule has 2 nitrogen and oxygen atoms in total. The zero-order valence-electron chi connectivity index (χ0n) is 11.8. The van der Waals surface area contributed by atoms with Gasteiger partial charge in [0.15, 0.2) is 0 Å². The Labute approximate surface area is 109 Å². The number of nitrogens with zero attached hydrogens (tertiary/aromatic N) is 1. The highest BCUT2D eigenvalue weighted by atomic mass is 15.0. The standard InChI is InChI=1S/C16H22N2/c1-10-5-6-11(2)16-14(10)15(12(3)18(16)4)13-7-8-17-9-13/h5-6,13,17H,7-9H2,1-4H3. The van der Waals surface area contributed by atoms with E-state index in [4.69, 9.17) is 0 Å². The third-order valence-corrected chi connectivity index (χ3v) is 4.55. The lowest BCUT2D eigenvalue weighted by atomic mass is 9.93. The van der Waals surface area contributed by atoms with Crippen molar-refractivity contribution in [3.05, 3.63) is 34.5 Å². The summed E-state index contributed by atoms with van der Waals surface area (Å²) in [7, 11) is 2.20. The van der Waals surface area contributed by atoms with Crippen molar-refractivity contribution in [2.75, 3.05) is 13.1 Å². The van der Waals surface area contributed by atoms with Crippen molar-refractivity contribution < 1.29 is 0 Å². The third-order valence-electron chi connectivity index (χ3n) is 4.55. The van der Waals surface area contributed by atoms with E-state index in [0.717, 1.165) is 13.1 Å². The van der Waals surface area contributed by atoms with Crippen LogP contribution in [-0.4, -0.2) is 17.7 Å². The van der Waals surface area contributed by atoms with Gasteiger partial charge in [-0.3, -0.25) is 0 Å².